The quantitative estimate of drug-likeness (QED) is 0.306. The number of hydrogen-bond acceptors (Lipinski definition) is 4. The monoisotopic (exact) mass is 523 g/mol. The molecule has 0 radical (unpaired) electrons. The van der Waals surface area contributed by atoms with E-state index >= 15 is 0 Å². The molecular weight excluding hydrogens is 508 g/mol. The summed E-state index contributed by atoms with van der Waals surface area (Å²) in [5.74, 6) is 0.471. The van der Waals surface area contributed by atoms with E-state index in [4.69, 9.17) is 51.1 Å². The van der Waals surface area contributed by atoms with Crippen molar-refractivity contribution in [1.82, 2.24) is 19.6 Å². The first-order valence-corrected chi connectivity index (χ1v) is 11.2. The van der Waals surface area contributed by atoms with Crippen molar-refractivity contribution in [2.24, 2.45) is 0 Å². The molecule has 1 N–H and O–H groups in total. The van der Waals surface area contributed by atoms with E-state index in [2.05, 4.69) is 15.5 Å². The summed E-state index contributed by atoms with van der Waals surface area (Å²) >= 11 is 24.2. The molecule has 11 heteroatoms. The van der Waals surface area contributed by atoms with Crippen molar-refractivity contribution < 1.29 is 9.53 Å². The van der Waals surface area contributed by atoms with Gasteiger partial charge in [-0.15, -0.1) is 0 Å². The van der Waals surface area contributed by atoms with E-state index in [1.54, 1.807) is 53.3 Å². The summed E-state index contributed by atoms with van der Waals surface area (Å²) < 4.78 is 8.85. The van der Waals surface area contributed by atoms with Gasteiger partial charge in [-0.2, -0.15) is 10.2 Å². The summed E-state index contributed by atoms with van der Waals surface area (Å²) in [5.41, 5.74) is 1.94. The first kappa shape index (κ1) is 23.4. The van der Waals surface area contributed by atoms with E-state index in [-0.39, 0.29) is 12.4 Å². The maximum Gasteiger partial charge on any atom is 0.277 e. The van der Waals surface area contributed by atoms with Crippen LogP contribution in [0.4, 0.5) is 5.82 Å². The summed E-state index contributed by atoms with van der Waals surface area (Å²) in [7, 11) is 0. The number of nitrogens with one attached hydrogen (secondary N) is 1. The first-order chi connectivity index (χ1) is 15.8. The third-order valence-corrected chi connectivity index (χ3v) is 5.79. The van der Waals surface area contributed by atoms with Crippen molar-refractivity contribution in [3.8, 4) is 5.75 Å². The number of hydrogen-bond donors (Lipinski definition) is 1. The Hall–Kier alpha value is -2.71. The molecule has 0 saturated carbocycles. The predicted molar refractivity (Wildman–Crippen MR) is 130 cm³/mol. The van der Waals surface area contributed by atoms with Crippen molar-refractivity contribution in [1.29, 1.82) is 0 Å². The van der Waals surface area contributed by atoms with E-state index in [0.29, 0.717) is 38.2 Å². The molecule has 170 valence electrons. The van der Waals surface area contributed by atoms with Gasteiger partial charge in [-0.1, -0.05) is 52.5 Å². The second-order valence-electron chi connectivity index (χ2n) is 7.11. The van der Waals surface area contributed by atoms with E-state index in [1.807, 2.05) is 13.0 Å². The fraction of sp³-hybridized carbons (Fsp3) is 0.136. The van der Waals surface area contributed by atoms with Crippen molar-refractivity contribution >= 4 is 58.1 Å². The SMILES string of the molecule is Cc1cc(NC(=O)c2ccn(COc3ccc(Cl)cc3Cl)n2)nn1Cc1ccc(Cl)cc1Cl. The summed E-state index contributed by atoms with van der Waals surface area (Å²) in [6.45, 7) is 2.40. The number of halogens is 4. The Morgan fingerprint density at radius 2 is 1.70 bits per heavy atom. The van der Waals surface area contributed by atoms with Gasteiger partial charge in [-0.3, -0.25) is 9.48 Å². The molecule has 2 heterocycles. The van der Waals surface area contributed by atoms with Gasteiger partial charge in [-0.05, 0) is 48.9 Å². The fourth-order valence-corrected chi connectivity index (χ4v) is 3.94. The van der Waals surface area contributed by atoms with Crippen molar-refractivity contribution in [3.05, 3.63) is 91.8 Å². The normalized spacial score (nSPS) is 10.9. The van der Waals surface area contributed by atoms with Crippen LogP contribution >= 0.6 is 46.4 Å². The number of aryl methyl sites for hydroxylation is 1. The maximum absolute atomic E-state index is 12.6. The highest BCUT2D eigenvalue weighted by atomic mass is 35.5. The van der Waals surface area contributed by atoms with Crippen LogP contribution < -0.4 is 10.1 Å². The number of aromatic nitrogens is 4. The zero-order valence-electron chi connectivity index (χ0n) is 17.2. The van der Waals surface area contributed by atoms with Crippen LogP contribution in [-0.2, 0) is 13.3 Å². The van der Waals surface area contributed by atoms with Gasteiger partial charge in [0.25, 0.3) is 5.91 Å². The largest absolute Gasteiger partial charge is 0.470 e. The van der Waals surface area contributed by atoms with Gasteiger partial charge in [0.05, 0.1) is 11.6 Å². The number of nitrogens with zero attached hydrogens (tertiary/aromatic N) is 4. The lowest BCUT2D eigenvalue weighted by atomic mass is 10.2. The Bertz CT molecular complexity index is 1320. The topological polar surface area (TPSA) is 74.0 Å². The molecule has 0 spiro atoms. The molecule has 0 aliphatic rings. The molecule has 0 bridgehead atoms. The van der Waals surface area contributed by atoms with Gasteiger partial charge >= 0.3 is 0 Å². The second kappa shape index (κ2) is 10.1. The molecule has 1 amide bonds. The summed E-state index contributed by atoms with van der Waals surface area (Å²) in [6.07, 6.45) is 1.63. The minimum atomic E-state index is -0.396. The number of carbonyl (C=O) groups is 1. The van der Waals surface area contributed by atoms with Crippen molar-refractivity contribution in [2.45, 2.75) is 20.2 Å². The van der Waals surface area contributed by atoms with Crippen LogP contribution in [-0.4, -0.2) is 25.5 Å². The van der Waals surface area contributed by atoms with E-state index in [9.17, 15) is 4.79 Å². The predicted octanol–water partition coefficient (Wildman–Crippen LogP) is 6.34. The number of rotatable bonds is 7. The highest BCUT2D eigenvalue weighted by Gasteiger charge is 2.14. The van der Waals surface area contributed by atoms with Crippen LogP contribution in [0.1, 0.15) is 21.7 Å². The van der Waals surface area contributed by atoms with Gasteiger partial charge in [0.1, 0.15) is 5.75 Å². The van der Waals surface area contributed by atoms with Crippen LogP contribution in [0.3, 0.4) is 0 Å². The molecule has 4 rings (SSSR count). The molecule has 0 atom stereocenters. The van der Waals surface area contributed by atoms with Gasteiger partial charge in [0.2, 0.25) is 0 Å². The smallest absolute Gasteiger partial charge is 0.277 e. The molecule has 2 aromatic carbocycles. The van der Waals surface area contributed by atoms with E-state index < -0.39 is 5.91 Å². The highest BCUT2D eigenvalue weighted by molar-refractivity contribution is 6.35. The lowest BCUT2D eigenvalue weighted by Crippen LogP contribution is -2.15. The molecule has 0 saturated heterocycles. The van der Waals surface area contributed by atoms with Gasteiger partial charge in [0.15, 0.2) is 18.2 Å². The van der Waals surface area contributed by atoms with Crippen molar-refractivity contribution in [3.63, 3.8) is 0 Å². The average Bonchev–Trinajstić information content (AvgIpc) is 3.36. The van der Waals surface area contributed by atoms with Gasteiger partial charge in [-0.25, -0.2) is 4.68 Å². The van der Waals surface area contributed by atoms with Crippen LogP contribution in [0.5, 0.6) is 5.75 Å². The molecule has 0 aliphatic carbocycles. The molecule has 0 unspecified atom stereocenters. The van der Waals surface area contributed by atoms with Crippen molar-refractivity contribution in [2.75, 3.05) is 5.32 Å². The van der Waals surface area contributed by atoms with E-state index in [0.717, 1.165) is 11.3 Å². The molecule has 2 aromatic heterocycles. The zero-order valence-corrected chi connectivity index (χ0v) is 20.3. The number of carbonyl (C=O) groups excluding carboxylic acids is 1. The summed E-state index contributed by atoms with van der Waals surface area (Å²) in [6, 6.07) is 13.6. The highest BCUT2D eigenvalue weighted by Crippen LogP contribution is 2.27. The van der Waals surface area contributed by atoms with Crippen LogP contribution in [0.25, 0.3) is 0 Å². The standard InChI is InChI=1S/C22H17Cl4N5O2/c1-13-8-21(29-31(13)11-14-2-3-15(23)9-17(14)25)27-22(32)19-6-7-30(28-19)12-33-20-5-4-16(24)10-18(20)26/h2-10H,11-12H2,1H3,(H,27,29,32). The molecule has 0 fully saturated rings. The number of benzene rings is 2. The van der Waals surface area contributed by atoms with E-state index in [1.165, 1.54) is 4.68 Å². The third kappa shape index (κ3) is 5.81. The number of anilines is 1. The lowest BCUT2D eigenvalue weighted by Gasteiger charge is -2.08. The molecule has 7 nitrogen and oxygen atoms in total. The summed E-state index contributed by atoms with van der Waals surface area (Å²) in [5, 5.41) is 13.4. The Kier molecular flexibility index (Phi) is 7.14. The lowest BCUT2D eigenvalue weighted by molar-refractivity contribution is 0.101. The zero-order chi connectivity index (χ0) is 23.5. The molecular formula is C22H17Cl4N5O2. The van der Waals surface area contributed by atoms with Gasteiger partial charge in [0, 0.05) is 33.0 Å². The van der Waals surface area contributed by atoms with Crippen LogP contribution in [0.2, 0.25) is 20.1 Å². The minimum absolute atomic E-state index is 0.0736. The molecule has 4 aromatic rings. The Morgan fingerprint density at radius 3 is 2.42 bits per heavy atom. The second-order valence-corrected chi connectivity index (χ2v) is 8.79. The fourth-order valence-electron chi connectivity index (χ4n) is 3.01. The number of amides is 1. The van der Waals surface area contributed by atoms with Crippen LogP contribution in [0.15, 0.2) is 54.7 Å². The summed E-state index contributed by atoms with van der Waals surface area (Å²) in [4.78, 5) is 12.6. The molecule has 33 heavy (non-hydrogen) atoms. The first-order valence-electron chi connectivity index (χ1n) is 9.69. The number of ether oxygens (including phenoxy) is 1. The Morgan fingerprint density at radius 1 is 0.970 bits per heavy atom. The maximum atomic E-state index is 12.6. The molecule has 0 aliphatic heterocycles. The Labute approximate surface area is 209 Å². The minimum Gasteiger partial charge on any atom is -0.470 e. The third-order valence-electron chi connectivity index (χ3n) is 4.68. The van der Waals surface area contributed by atoms with Gasteiger partial charge < -0.3 is 10.1 Å². The van der Waals surface area contributed by atoms with Crippen LogP contribution in [0, 0.1) is 6.92 Å². The Balaban J connectivity index is 1.38. The average molecular weight is 525 g/mol.